The summed E-state index contributed by atoms with van der Waals surface area (Å²) in [5.74, 6) is 4.23. The van der Waals surface area contributed by atoms with Crippen molar-refractivity contribution in [1.29, 1.82) is 0 Å². The fourth-order valence-electron chi connectivity index (χ4n) is 0. The Morgan fingerprint density at radius 1 is 1.67 bits per heavy atom. The maximum atomic E-state index is 8.76. The Morgan fingerprint density at radius 3 is 1.83 bits per heavy atom. The van der Waals surface area contributed by atoms with E-state index in [0.29, 0.717) is 0 Å². The normalized spacial score (nSPS) is 2.67. The zero-order valence-electron chi connectivity index (χ0n) is 3.14. The second-order valence-corrected chi connectivity index (χ2v) is 0.220. The predicted octanol–water partition coefficient (Wildman–Crippen LogP) is -1.13. The third-order valence-corrected chi connectivity index (χ3v) is 0.0527. The fourth-order valence-corrected chi connectivity index (χ4v) is 0. The quantitative estimate of drug-likeness (QED) is 0.110. The van der Waals surface area contributed by atoms with E-state index in [1.54, 1.807) is 0 Å². The average Bonchev–Trinajstić information content (AvgIpc) is 1.37. The van der Waals surface area contributed by atoms with Crippen molar-refractivity contribution in [2.75, 3.05) is 0 Å². The van der Waals surface area contributed by atoms with Crippen molar-refractivity contribution in [3.8, 4) is 0 Å². The molecule has 0 amide bonds. The molecule has 0 bridgehead atoms. The van der Waals surface area contributed by atoms with Crippen LogP contribution in [0.4, 0.5) is 0 Å². The van der Waals surface area contributed by atoms with E-state index in [2.05, 4.69) is 10.9 Å². The lowest BCUT2D eigenvalue weighted by atomic mass is 11.6. The molecular formula is CH5N2OPSi. The van der Waals surface area contributed by atoms with Crippen LogP contribution in [0.1, 0.15) is 0 Å². The lowest BCUT2D eigenvalue weighted by Crippen LogP contribution is -1.71. The van der Waals surface area contributed by atoms with E-state index in [0.717, 1.165) is 6.08 Å². The Hall–Kier alpha value is -0.173. The van der Waals surface area contributed by atoms with E-state index in [1.165, 1.54) is 0 Å². The molecule has 3 nitrogen and oxygen atoms in total. The van der Waals surface area contributed by atoms with Gasteiger partial charge in [0.15, 0.2) is 0 Å². The molecule has 0 spiro atoms. The molecule has 0 aliphatic rings. The van der Waals surface area contributed by atoms with Crippen LogP contribution in [0, 0.1) is 0 Å². The van der Waals surface area contributed by atoms with Crippen molar-refractivity contribution < 1.29 is 4.79 Å². The number of hydrogen-bond donors (Lipinski definition) is 1. The van der Waals surface area contributed by atoms with Gasteiger partial charge in [-0.05, 0) is 0 Å². The van der Waals surface area contributed by atoms with Crippen molar-refractivity contribution in [3.63, 3.8) is 0 Å². The molecule has 6 heavy (non-hydrogen) atoms. The maximum absolute atomic E-state index is 8.76. The Morgan fingerprint density at radius 2 is 1.83 bits per heavy atom. The largest absolute Gasteiger partial charge is 0.312 e. The molecule has 0 saturated heterocycles. The molecular weight excluding hydrogens is 115 g/mol. The van der Waals surface area contributed by atoms with Crippen LogP contribution in [0.15, 0.2) is 5.10 Å². The average molecular weight is 120 g/mol. The molecule has 0 aromatic heterocycles. The van der Waals surface area contributed by atoms with E-state index in [9.17, 15) is 0 Å². The second-order valence-electron chi connectivity index (χ2n) is 0.220. The molecule has 34 valence electrons. The van der Waals surface area contributed by atoms with Gasteiger partial charge in [0, 0.05) is 11.0 Å². The Bertz CT molecular complexity index is 51.5. The predicted molar refractivity (Wildman–Crippen MR) is 29.2 cm³/mol. The van der Waals surface area contributed by atoms with Crippen LogP contribution in [0.2, 0.25) is 0 Å². The van der Waals surface area contributed by atoms with E-state index in [1.807, 2.05) is 0 Å². The van der Waals surface area contributed by atoms with Gasteiger partial charge in [-0.1, -0.05) is 5.10 Å². The third kappa shape index (κ3) is 44.7. The summed E-state index contributed by atoms with van der Waals surface area (Å²) in [5.41, 5.74) is 0. The monoisotopic (exact) mass is 120 g/mol. The number of nitrogens with zero attached hydrogens (tertiary/aromatic N) is 1. The molecule has 0 fully saturated rings. The molecule has 4 radical (unpaired) electrons. The standard InChI is InChI=1S/CH2N2O.H3P.Si/c2-3-1-4;;/h2H2;1H3;. The lowest BCUT2D eigenvalue weighted by molar-refractivity contribution is 0.563. The summed E-state index contributed by atoms with van der Waals surface area (Å²) >= 11 is 0. The highest BCUT2D eigenvalue weighted by molar-refractivity contribution is 6.92. The fraction of sp³-hybridized carbons (Fsp3) is 0. The molecule has 0 aliphatic carbocycles. The van der Waals surface area contributed by atoms with Gasteiger partial charge in [0.2, 0.25) is 0 Å². The summed E-state index contributed by atoms with van der Waals surface area (Å²) < 4.78 is 0. The van der Waals surface area contributed by atoms with Crippen LogP contribution in [0.25, 0.3) is 0 Å². The van der Waals surface area contributed by atoms with Gasteiger partial charge in [0.25, 0.3) is 6.08 Å². The molecule has 5 heteroatoms. The van der Waals surface area contributed by atoms with Crippen molar-refractivity contribution in [2.24, 2.45) is 10.9 Å². The van der Waals surface area contributed by atoms with Crippen molar-refractivity contribution in [2.45, 2.75) is 0 Å². The van der Waals surface area contributed by atoms with Gasteiger partial charge < -0.3 is 5.84 Å². The number of carbonyl (C=O) groups excluding carboxylic acids is 1. The first kappa shape index (κ1) is 17.0. The number of hydrogen-bond acceptors (Lipinski definition) is 3. The summed E-state index contributed by atoms with van der Waals surface area (Å²) in [6.07, 6.45) is 1.08. The molecule has 0 aromatic rings. The number of hydrazone groups is 1. The van der Waals surface area contributed by atoms with Crippen molar-refractivity contribution in [1.82, 2.24) is 0 Å². The second kappa shape index (κ2) is 21.2. The third-order valence-electron chi connectivity index (χ3n) is 0.0527. The summed E-state index contributed by atoms with van der Waals surface area (Å²) in [4.78, 5) is 8.76. The van der Waals surface area contributed by atoms with E-state index in [-0.39, 0.29) is 20.9 Å². The number of rotatable bonds is 0. The Kier molecular flexibility index (Phi) is 60.0. The van der Waals surface area contributed by atoms with Gasteiger partial charge in [0.05, 0.1) is 0 Å². The molecule has 1 unspecified atom stereocenters. The van der Waals surface area contributed by atoms with E-state index >= 15 is 0 Å². The zero-order chi connectivity index (χ0) is 3.41. The minimum Gasteiger partial charge on any atom is -0.312 e. The molecule has 2 N–H and O–H groups in total. The first-order valence-electron chi connectivity index (χ1n) is 0.686. The van der Waals surface area contributed by atoms with Crippen LogP contribution >= 0.6 is 9.90 Å². The first-order chi connectivity index (χ1) is 1.91. The molecule has 0 aliphatic heterocycles. The Balaban J connectivity index is -0.0000000450. The highest BCUT2D eigenvalue weighted by Crippen LogP contribution is 1.14. The minimum atomic E-state index is 0. The van der Waals surface area contributed by atoms with Gasteiger partial charge in [-0.2, -0.15) is 9.90 Å². The molecule has 0 heterocycles. The minimum absolute atomic E-state index is 0. The van der Waals surface area contributed by atoms with Gasteiger partial charge in [-0.25, -0.2) is 4.79 Å². The molecule has 1 atom stereocenters. The first-order valence-corrected chi connectivity index (χ1v) is 0.686. The van der Waals surface area contributed by atoms with Gasteiger partial charge >= 0.3 is 0 Å². The smallest absolute Gasteiger partial charge is 0.257 e. The highest BCUT2D eigenvalue weighted by atomic mass is 31.0. The summed E-state index contributed by atoms with van der Waals surface area (Å²) in [7, 11) is 0. The maximum Gasteiger partial charge on any atom is 0.257 e. The summed E-state index contributed by atoms with van der Waals surface area (Å²) in [5, 5.41) is 2.43. The van der Waals surface area contributed by atoms with Gasteiger partial charge in [-0.3, -0.25) is 0 Å². The van der Waals surface area contributed by atoms with Gasteiger partial charge in [0.1, 0.15) is 0 Å². The highest BCUT2D eigenvalue weighted by Gasteiger charge is 1.27. The Labute approximate surface area is 43.6 Å². The van der Waals surface area contributed by atoms with E-state index < -0.39 is 0 Å². The van der Waals surface area contributed by atoms with Crippen LogP contribution in [0.3, 0.4) is 0 Å². The zero-order valence-corrected chi connectivity index (χ0v) is 5.55. The number of isocyanates is 1. The van der Waals surface area contributed by atoms with Crippen LogP contribution < -0.4 is 5.84 Å². The number of nitrogens with two attached hydrogens (primary N) is 1. The van der Waals surface area contributed by atoms with Crippen LogP contribution in [0.5, 0.6) is 0 Å². The SMILES string of the molecule is NN=C=O.P.[Si]. The van der Waals surface area contributed by atoms with Crippen molar-refractivity contribution in [3.05, 3.63) is 0 Å². The van der Waals surface area contributed by atoms with Crippen LogP contribution in [-0.2, 0) is 4.79 Å². The summed E-state index contributed by atoms with van der Waals surface area (Å²) in [6.45, 7) is 0. The van der Waals surface area contributed by atoms with Crippen molar-refractivity contribution >= 4 is 26.9 Å². The molecule has 0 rings (SSSR count). The molecule has 0 aromatic carbocycles. The topological polar surface area (TPSA) is 55.4 Å². The summed E-state index contributed by atoms with van der Waals surface area (Å²) in [6, 6.07) is 0. The lowest BCUT2D eigenvalue weighted by Gasteiger charge is -1.41. The van der Waals surface area contributed by atoms with Crippen LogP contribution in [-0.4, -0.2) is 17.0 Å². The van der Waals surface area contributed by atoms with Gasteiger partial charge in [-0.15, -0.1) is 0 Å². The van der Waals surface area contributed by atoms with E-state index in [4.69, 9.17) is 4.79 Å². The molecule has 0 saturated carbocycles.